The van der Waals surface area contributed by atoms with Crippen LogP contribution in [0.25, 0.3) is 0 Å². The molecule has 4 heteroatoms. The van der Waals surface area contributed by atoms with Crippen molar-refractivity contribution in [2.24, 2.45) is 0 Å². The molecular formula is C17H22O4. The second-order valence-electron chi connectivity index (χ2n) is 6.28. The number of benzene rings is 1. The lowest BCUT2D eigenvalue weighted by molar-refractivity contribution is -0.0509. The average Bonchev–Trinajstić information content (AvgIpc) is 3.08. The third-order valence-electron chi connectivity index (χ3n) is 4.64. The van der Waals surface area contributed by atoms with Gasteiger partial charge in [0.15, 0.2) is 0 Å². The molecular weight excluding hydrogens is 268 g/mol. The Kier molecular flexibility index (Phi) is 3.89. The zero-order valence-electron chi connectivity index (χ0n) is 12.4. The number of aromatic carboxylic acids is 1. The fraction of sp³-hybridized carbons (Fsp3) is 0.588. The topological polar surface area (TPSA) is 55.8 Å². The van der Waals surface area contributed by atoms with Gasteiger partial charge in [-0.25, -0.2) is 4.79 Å². The van der Waals surface area contributed by atoms with Crippen molar-refractivity contribution < 1.29 is 19.4 Å². The van der Waals surface area contributed by atoms with Gasteiger partial charge in [0.05, 0.1) is 11.7 Å². The van der Waals surface area contributed by atoms with Crippen molar-refractivity contribution in [1.29, 1.82) is 0 Å². The van der Waals surface area contributed by atoms with Gasteiger partial charge in [0.1, 0.15) is 17.9 Å². The Morgan fingerprint density at radius 3 is 2.86 bits per heavy atom. The minimum atomic E-state index is -0.951. The fourth-order valence-electron chi connectivity index (χ4n) is 3.52. The van der Waals surface area contributed by atoms with E-state index in [1.807, 2.05) is 13.0 Å². The van der Waals surface area contributed by atoms with Crippen LogP contribution in [0.2, 0.25) is 0 Å². The Morgan fingerprint density at radius 2 is 2.14 bits per heavy atom. The summed E-state index contributed by atoms with van der Waals surface area (Å²) in [5.74, 6) is -0.516. The number of rotatable bonds is 4. The Morgan fingerprint density at radius 1 is 1.38 bits per heavy atom. The van der Waals surface area contributed by atoms with Crippen molar-refractivity contribution in [3.63, 3.8) is 0 Å². The van der Waals surface area contributed by atoms with Gasteiger partial charge in [-0.05, 0) is 44.7 Å². The van der Waals surface area contributed by atoms with Crippen LogP contribution in [0.4, 0.5) is 0 Å². The second-order valence-corrected chi connectivity index (χ2v) is 6.28. The number of aryl methyl sites for hydroxylation is 1. The Labute approximate surface area is 125 Å². The van der Waals surface area contributed by atoms with Gasteiger partial charge in [0.25, 0.3) is 0 Å². The van der Waals surface area contributed by atoms with Gasteiger partial charge >= 0.3 is 5.97 Å². The summed E-state index contributed by atoms with van der Waals surface area (Å²) in [6.07, 6.45) is 7.05. The molecule has 1 spiro atoms. The van der Waals surface area contributed by atoms with Gasteiger partial charge < -0.3 is 14.6 Å². The van der Waals surface area contributed by atoms with E-state index >= 15 is 0 Å². The fourth-order valence-corrected chi connectivity index (χ4v) is 3.52. The number of carbonyl (C=O) groups is 1. The third kappa shape index (κ3) is 3.05. The first-order valence-electron chi connectivity index (χ1n) is 7.73. The highest BCUT2D eigenvalue weighted by molar-refractivity contribution is 5.91. The first-order valence-corrected chi connectivity index (χ1v) is 7.73. The molecule has 1 aromatic rings. The highest BCUT2D eigenvalue weighted by Gasteiger charge is 2.42. The second kappa shape index (κ2) is 5.68. The third-order valence-corrected chi connectivity index (χ3v) is 4.64. The van der Waals surface area contributed by atoms with Crippen molar-refractivity contribution in [2.75, 3.05) is 6.61 Å². The standard InChI is InChI=1S/C17H22O4/c1-12-4-5-15(14(10-12)16(18)19)20-11-13-6-9-17(21-13)7-2-3-8-17/h4-5,10,13H,2-3,6-9,11H2,1H3,(H,18,19). The first kappa shape index (κ1) is 14.4. The Balaban J connectivity index is 1.62. The van der Waals surface area contributed by atoms with Crippen LogP contribution in [0, 0.1) is 6.92 Å². The quantitative estimate of drug-likeness (QED) is 0.921. The van der Waals surface area contributed by atoms with Crippen molar-refractivity contribution in [2.45, 2.75) is 57.2 Å². The molecule has 1 unspecified atom stereocenters. The molecule has 1 aromatic carbocycles. The predicted octanol–water partition coefficient (Wildman–Crippen LogP) is 3.56. The maximum absolute atomic E-state index is 11.3. The van der Waals surface area contributed by atoms with E-state index in [1.54, 1.807) is 12.1 Å². The molecule has 2 aliphatic rings. The van der Waals surface area contributed by atoms with Crippen LogP contribution in [-0.2, 0) is 4.74 Å². The molecule has 3 rings (SSSR count). The molecule has 0 bridgehead atoms. The summed E-state index contributed by atoms with van der Waals surface area (Å²) in [4.78, 5) is 11.3. The molecule has 1 saturated carbocycles. The summed E-state index contributed by atoms with van der Waals surface area (Å²) in [6.45, 7) is 2.31. The number of carboxylic acid groups (broad SMARTS) is 1. The van der Waals surface area contributed by atoms with Gasteiger partial charge in [0.2, 0.25) is 0 Å². The molecule has 4 nitrogen and oxygen atoms in total. The lowest BCUT2D eigenvalue weighted by Gasteiger charge is -2.24. The lowest BCUT2D eigenvalue weighted by Crippen LogP contribution is -2.27. The van der Waals surface area contributed by atoms with E-state index < -0.39 is 5.97 Å². The molecule has 0 amide bonds. The molecule has 1 saturated heterocycles. The van der Waals surface area contributed by atoms with E-state index in [4.69, 9.17) is 9.47 Å². The Bertz CT molecular complexity index is 532. The predicted molar refractivity (Wildman–Crippen MR) is 78.9 cm³/mol. The molecule has 0 radical (unpaired) electrons. The average molecular weight is 290 g/mol. The molecule has 1 N–H and O–H groups in total. The maximum Gasteiger partial charge on any atom is 0.339 e. The summed E-state index contributed by atoms with van der Waals surface area (Å²) in [5, 5.41) is 9.24. The van der Waals surface area contributed by atoms with Crippen molar-refractivity contribution >= 4 is 5.97 Å². The van der Waals surface area contributed by atoms with Gasteiger partial charge in [-0.3, -0.25) is 0 Å². The van der Waals surface area contributed by atoms with Crippen LogP contribution in [0.1, 0.15) is 54.4 Å². The summed E-state index contributed by atoms with van der Waals surface area (Å²) in [7, 11) is 0. The summed E-state index contributed by atoms with van der Waals surface area (Å²) in [6, 6.07) is 5.25. The zero-order valence-corrected chi connectivity index (χ0v) is 12.4. The van der Waals surface area contributed by atoms with E-state index in [-0.39, 0.29) is 17.3 Å². The van der Waals surface area contributed by atoms with E-state index in [0.29, 0.717) is 12.4 Å². The molecule has 114 valence electrons. The molecule has 21 heavy (non-hydrogen) atoms. The SMILES string of the molecule is Cc1ccc(OCC2CCC3(CCCC3)O2)c(C(=O)O)c1. The molecule has 1 heterocycles. The smallest absolute Gasteiger partial charge is 0.339 e. The van der Waals surface area contributed by atoms with E-state index in [0.717, 1.165) is 31.2 Å². The molecule has 2 fully saturated rings. The lowest BCUT2D eigenvalue weighted by atomic mass is 9.98. The van der Waals surface area contributed by atoms with Crippen LogP contribution in [-0.4, -0.2) is 29.4 Å². The zero-order chi connectivity index (χ0) is 14.9. The molecule has 0 aromatic heterocycles. The molecule has 1 atom stereocenters. The largest absolute Gasteiger partial charge is 0.490 e. The number of hydrogen-bond donors (Lipinski definition) is 1. The highest BCUT2D eigenvalue weighted by Crippen LogP contribution is 2.43. The van der Waals surface area contributed by atoms with Gasteiger partial charge in [0, 0.05) is 0 Å². The summed E-state index contributed by atoms with van der Waals surface area (Å²) < 4.78 is 11.9. The highest BCUT2D eigenvalue weighted by atomic mass is 16.6. The summed E-state index contributed by atoms with van der Waals surface area (Å²) >= 11 is 0. The van der Waals surface area contributed by atoms with Crippen LogP contribution < -0.4 is 4.74 Å². The van der Waals surface area contributed by atoms with Gasteiger partial charge in [-0.2, -0.15) is 0 Å². The normalized spacial score (nSPS) is 23.6. The minimum Gasteiger partial charge on any atom is -0.490 e. The van der Waals surface area contributed by atoms with E-state index in [1.165, 1.54) is 12.8 Å². The van der Waals surface area contributed by atoms with Crippen molar-refractivity contribution in [3.05, 3.63) is 29.3 Å². The maximum atomic E-state index is 11.3. The first-order chi connectivity index (χ1) is 10.1. The van der Waals surface area contributed by atoms with Crippen LogP contribution in [0.3, 0.4) is 0 Å². The van der Waals surface area contributed by atoms with Crippen LogP contribution in [0.15, 0.2) is 18.2 Å². The van der Waals surface area contributed by atoms with Crippen molar-refractivity contribution in [1.82, 2.24) is 0 Å². The van der Waals surface area contributed by atoms with Crippen LogP contribution in [0.5, 0.6) is 5.75 Å². The molecule has 1 aliphatic carbocycles. The number of hydrogen-bond acceptors (Lipinski definition) is 3. The van der Waals surface area contributed by atoms with E-state index in [2.05, 4.69) is 0 Å². The summed E-state index contributed by atoms with van der Waals surface area (Å²) in [5.41, 5.74) is 1.24. The van der Waals surface area contributed by atoms with Crippen LogP contribution >= 0.6 is 0 Å². The van der Waals surface area contributed by atoms with Crippen molar-refractivity contribution in [3.8, 4) is 5.75 Å². The minimum absolute atomic E-state index is 0.0889. The Hall–Kier alpha value is -1.55. The van der Waals surface area contributed by atoms with E-state index in [9.17, 15) is 9.90 Å². The molecule has 1 aliphatic heterocycles. The monoisotopic (exact) mass is 290 g/mol. The number of ether oxygens (including phenoxy) is 2. The number of carboxylic acids is 1. The van der Waals surface area contributed by atoms with Gasteiger partial charge in [-0.15, -0.1) is 0 Å². The van der Waals surface area contributed by atoms with Gasteiger partial charge in [-0.1, -0.05) is 24.5 Å².